The zero-order valence-electron chi connectivity index (χ0n) is 16.9. The van der Waals surface area contributed by atoms with Gasteiger partial charge in [-0.3, -0.25) is 19.6 Å². The van der Waals surface area contributed by atoms with Gasteiger partial charge in [-0.1, -0.05) is 6.07 Å². The highest BCUT2D eigenvalue weighted by Gasteiger charge is 2.42. The Labute approximate surface area is 172 Å². The first-order valence-electron chi connectivity index (χ1n) is 9.55. The average Bonchev–Trinajstić information content (AvgIpc) is 3.49. The average molecular weight is 420 g/mol. The zero-order chi connectivity index (χ0) is 22.1. The number of alkyl halides is 3. The molecule has 30 heavy (non-hydrogen) atoms. The van der Waals surface area contributed by atoms with Crippen LogP contribution in [0, 0.1) is 0 Å². The highest BCUT2D eigenvalue weighted by Crippen LogP contribution is 2.36. The number of carbonyl (C=O) groups is 2. The summed E-state index contributed by atoms with van der Waals surface area (Å²) in [5, 5.41) is 2.89. The summed E-state index contributed by atoms with van der Waals surface area (Å²) >= 11 is 0. The molecule has 2 amide bonds. The van der Waals surface area contributed by atoms with E-state index in [0.717, 1.165) is 18.3 Å². The van der Waals surface area contributed by atoms with Crippen molar-refractivity contribution >= 4 is 11.8 Å². The molecule has 2 heterocycles. The normalized spacial score (nSPS) is 15.4. The summed E-state index contributed by atoms with van der Waals surface area (Å²) in [6, 6.07) is 4.09. The molecule has 6 nitrogen and oxygen atoms in total. The van der Waals surface area contributed by atoms with Crippen molar-refractivity contribution in [1.29, 1.82) is 0 Å². The molecule has 1 unspecified atom stereocenters. The Morgan fingerprint density at radius 1 is 1.13 bits per heavy atom. The van der Waals surface area contributed by atoms with E-state index in [1.165, 1.54) is 11.1 Å². The Morgan fingerprint density at radius 2 is 1.83 bits per heavy atom. The van der Waals surface area contributed by atoms with Crippen LogP contribution in [0.5, 0.6) is 0 Å². The van der Waals surface area contributed by atoms with E-state index in [1.54, 1.807) is 18.3 Å². The third kappa shape index (κ3) is 5.14. The molecule has 1 fully saturated rings. The molecule has 1 N–H and O–H groups in total. The molecule has 1 atom stereocenters. The topological polar surface area (TPSA) is 75.2 Å². The molecule has 160 valence electrons. The van der Waals surface area contributed by atoms with E-state index in [2.05, 4.69) is 15.3 Å². The standard InChI is InChI=1S/C21H23F3N4O2/c1-20(2,3)27-18(29)17(13-5-4-10-25-11-13)28(15-7-8-15)19(30)14-6-9-16(26-12-14)21(22,23)24/h4-6,9-12,15,17H,7-8H2,1-3H3,(H,27,29). The van der Waals surface area contributed by atoms with Crippen molar-refractivity contribution in [2.75, 3.05) is 0 Å². The van der Waals surface area contributed by atoms with Crippen LogP contribution in [-0.4, -0.2) is 38.3 Å². The highest BCUT2D eigenvalue weighted by atomic mass is 19.4. The summed E-state index contributed by atoms with van der Waals surface area (Å²) < 4.78 is 38.4. The van der Waals surface area contributed by atoms with Crippen molar-refractivity contribution in [3.8, 4) is 0 Å². The molecular formula is C21H23F3N4O2. The third-order valence-electron chi connectivity index (χ3n) is 4.50. The van der Waals surface area contributed by atoms with Gasteiger partial charge in [0.05, 0.1) is 5.56 Å². The van der Waals surface area contributed by atoms with Crippen molar-refractivity contribution in [1.82, 2.24) is 20.2 Å². The monoisotopic (exact) mass is 420 g/mol. The summed E-state index contributed by atoms with van der Waals surface area (Å²) in [7, 11) is 0. The number of aromatic nitrogens is 2. The molecule has 3 rings (SSSR count). The van der Waals surface area contributed by atoms with E-state index >= 15 is 0 Å². The molecule has 2 aromatic rings. The molecule has 0 radical (unpaired) electrons. The number of halogens is 3. The van der Waals surface area contributed by atoms with Crippen molar-refractivity contribution in [2.45, 2.75) is 57.4 Å². The minimum absolute atomic E-state index is 0.00708. The highest BCUT2D eigenvalue weighted by molar-refractivity contribution is 5.98. The smallest absolute Gasteiger partial charge is 0.349 e. The SMILES string of the molecule is CC(C)(C)NC(=O)C(c1cccnc1)N(C(=O)c1ccc(C(F)(F)F)nc1)C1CC1. The summed E-state index contributed by atoms with van der Waals surface area (Å²) in [5.74, 6) is -0.924. The van der Waals surface area contributed by atoms with Gasteiger partial charge in [0.25, 0.3) is 5.91 Å². The summed E-state index contributed by atoms with van der Waals surface area (Å²) in [6.07, 6.45) is 0.801. The van der Waals surface area contributed by atoms with Crippen LogP contribution in [0.3, 0.4) is 0 Å². The van der Waals surface area contributed by atoms with Gasteiger partial charge >= 0.3 is 6.18 Å². The maximum absolute atomic E-state index is 13.3. The molecule has 1 aliphatic carbocycles. The number of hydrogen-bond acceptors (Lipinski definition) is 4. The van der Waals surface area contributed by atoms with Gasteiger partial charge in [-0.05, 0) is 51.8 Å². The second-order valence-corrected chi connectivity index (χ2v) is 8.30. The van der Waals surface area contributed by atoms with Crippen LogP contribution in [0.2, 0.25) is 0 Å². The van der Waals surface area contributed by atoms with Gasteiger partial charge in [-0.25, -0.2) is 0 Å². The number of carbonyl (C=O) groups excluding carboxylic acids is 2. The lowest BCUT2D eigenvalue weighted by molar-refractivity contribution is -0.141. The van der Waals surface area contributed by atoms with E-state index < -0.39 is 29.4 Å². The number of rotatable bonds is 5. The fourth-order valence-electron chi connectivity index (χ4n) is 3.10. The molecule has 1 saturated carbocycles. The molecule has 0 saturated heterocycles. The van der Waals surface area contributed by atoms with Crippen LogP contribution in [0.1, 0.15) is 61.3 Å². The summed E-state index contributed by atoms with van der Waals surface area (Å²) in [6.45, 7) is 5.48. The predicted molar refractivity (Wildman–Crippen MR) is 103 cm³/mol. The lowest BCUT2D eigenvalue weighted by Crippen LogP contribution is -2.50. The predicted octanol–water partition coefficient (Wildman–Crippen LogP) is 3.76. The van der Waals surface area contributed by atoms with Crippen molar-refractivity contribution in [2.24, 2.45) is 0 Å². The summed E-state index contributed by atoms with van der Waals surface area (Å²) in [5.41, 5.74) is -1.09. The fourth-order valence-corrected chi connectivity index (χ4v) is 3.10. The molecule has 1 aliphatic rings. The maximum atomic E-state index is 13.3. The van der Waals surface area contributed by atoms with Gasteiger partial charge in [0.1, 0.15) is 11.7 Å². The number of nitrogens with zero attached hydrogens (tertiary/aromatic N) is 3. The molecule has 2 aromatic heterocycles. The Bertz CT molecular complexity index is 905. The third-order valence-corrected chi connectivity index (χ3v) is 4.50. The molecule has 0 aliphatic heterocycles. The number of pyridine rings is 2. The lowest BCUT2D eigenvalue weighted by Gasteiger charge is -2.33. The molecule has 0 bridgehead atoms. The Balaban J connectivity index is 1.98. The second-order valence-electron chi connectivity index (χ2n) is 8.30. The summed E-state index contributed by atoms with van der Waals surface area (Å²) in [4.78, 5) is 35.3. The van der Waals surface area contributed by atoms with Crippen LogP contribution in [0.15, 0.2) is 42.9 Å². The van der Waals surface area contributed by atoms with Crippen molar-refractivity contribution < 1.29 is 22.8 Å². The number of nitrogens with one attached hydrogen (secondary N) is 1. The van der Waals surface area contributed by atoms with Gasteiger partial charge in [0, 0.05) is 35.7 Å². The van der Waals surface area contributed by atoms with E-state index in [-0.39, 0.29) is 17.5 Å². The zero-order valence-corrected chi connectivity index (χ0v) is 16.9. The minimum Gasteiger partial charge on any atom is -0.349 e. The molecule has 0 spiro atoms. The van der Waals surface area contributed by atoms with Gasteiger partial charge in [0.15, 0.2) is 0 Å². The van der Waals surface area contributed by atoms with Crippen LogP contribution in [-0.2, 0) is 11.0 Å². The Hall–Kier alpha value is -2.97. The first-order chi connectivity index (χ1) is 14.0. The van der Waals surface area contributed by atoms with Crippen LogP contribution < -0.4 is 5.32 Å². The van der Waals surface area contributed by atoms with Gasteiger partial charge in [-0.15, -0.1) is 0 Å². The van der Waals surface area contributed by atoms with Crippen molar-refractivity contribution in [3.05, 3.63) is 59.7 Å². The van der Waals surface area contributed by atoms with E-state index in [9.17, 15) is 22.8 Å². The lowest BCUT2D eigenvalue weighted by atomic mass is 10.0. The van der Waals surface area contributed by atoms with E-state index in [1.807, 2.05) is 20.8 Å². The molecular weight excluding hydrogens is 397 g/mol. The van der Waals surface area contributed by atoms with Crippen LogP contribution >= 0.6 is 0 Å². The van der Waals surface area contributed by atoms with Crippen molar-refractivity contribution in [3.63, 3.8) is 0 Å². The van der Waals surface area contributed by atoms with Gasteiger partial charge in [0.2, 0.25) is 5.91 Å². The quantitative estimate of drug-likeness (QED) is 0.799. The number of hydrogen-bond donors (Lipinski definition) is 1. The second kappa shape index (κ2) is 8.04. The van der Waals surface area contributed by atoms with Crippen LogP contribution in [0.25, 0.3) is 0 Å². The first-order valence-corrected chi connectivity index (χ1v) is 9.55. The molecule has 9 heteroatoms. The maximum Gasteiger partial charge on any atom is 0.433 e. The first kappa shape index (κ1) is 21.7. The van der Waals surface area contributed by atoms with Crippen LogP contribution in [0.4, 0.5) is 13.2 Å². The van der Waals surface area contributed by atoms with E-state index in [4.69, 9.17) is 0 Å². The Morgan fingerprint density at radius 3 is 2.30 bits per heavy atom. The minimum atomic E-state index is -4.59. The van der Waals surface area contributed by atoms with Gasteiger partial charge in [-0.2, -0.15) is 13.2 Å². The van der Waals surface area contributed by atoms with E-state index in [0.29, 0.717) is 18.4 Å². The number of amides is 2. The Kier molecular flexibility index (Phi) is 5.83. The van der Waals surface area contributed by atoms with Gasteiger partial charge < -0.3 is 10.2 Å². The molecule has 0 aromatic carbocycles. The fraction of sp³-hybridized carbons (Fsp3) is 0.429. The largest absolute Gasteiger partial charge is 0.433 e.